The Hall–Kier alpha value is -0.650. The molecule has 2 N–H and O–H groups in total. The number of ether oxygens (including phenoxy) is 1. The molecule has 18 heavy (non-hydrogen) atoms. The maximum absolute atomic E-state index is 11.6. The Morgan fingerprint density at radius 2 is 2.22 bits per heavy atom. The molecule has 0 radical (unpaired) electrons. The summed E-state index contributed by atoms with van der Waals surface area (Å²) in [7, 11) is 1.63. The number of hydrogen-bond acceptors (Lipinski definition) is 4. The van der Waals surface area contributed by atoms with E-state index in [4.69, 9.17) is 4.74 Å². The number of aliphatic carboxylic acids is 1. The summed E-state index contributed by atoms with van der Waals surface area (Å²) in [5.74, 6) is -0.725. The third-order valence-corrected chi connectivity index (χ3v) is 3.65. The maximum atomic E-state index is 11.6. The second-order valence-corrected chi connectivity index (χ2v) is 5.00. The van der Waals surface area contributed by atoms with Gasteiger partial charge in [-0.2, -0.15) is 0 Å². The zero-order valence-electron chi connectivity index (χ0n) is 11.6. The number of carboxylic acids is 1. The smallest absolute Gasteiger partial charge is 0.323 e. The molecule has 1 heterocycles. The number of nitrogens with zero attached hydrogens (tertiary/aromatic N) is 1. The highest BCUT2D eigenvalue weighted by Gasteiger charge is 2.39. The van der Waals surface area contributed by atoms with Gasteiger partial charge < -0.3 is 14.7 Å². The van der Waals surface area contributed by atoms with E-state index in [1.54, 1.807) is 7.11 Å². The van der Waals surface area contributed by atoms with Crippen molar-refractivity contribution in [3.8, 4) is 0 Å². The van der Waals surface area contributed by atoms with Crippen molar-refractivity contribution in [1.29, 1.82) is 0 Å². The highest BCUT2D eigenvalue weighted by molar-refractivity contribution is 5.78. The van der Waals surface area contributed by atoms with E-state index in [1.807, 2.05) is 0 Å². The fourth-order valence-corrected chi connectivity index (χ4v) is 2.59. The Morgan fingerprint density at radius 3 is 2.83 bits per heavy atom. The minimum Gasteiger partial charge on any atom is -0.480 e. The Labute approximate surface area is 109 Å². The quantitative estimate of drug-likeness (QED) is 0.666. The van der Waals surface area contributed by atoms with Crippen LogP contribution in [0.15, 0.2) is 0 Å². The van der Waals surface area contributed by atoms with E-state index < -0.39 is 11.5 Å². The number of hydrogen-bond donors (Lipinski definition) is 2. The van der Waals surface area contributed by atoms with Crippen LogP contribution in [-0.2, 0) is 9.53 Å². The summed E-state index contributed by atoms with van der Waals surface area (Å²) >= 11 is 0. The Balaban J connectivity index is 2.58. The highest BCUT2D eigenvalue weighted by Crippen LogP contribution is 2.23. The molecule has 1 rings (SSSR count). The second kappa shape index (κ2) is 7.71. The summed E-state index contributed by atoms with van der Waals surface area (Å²) in [6, 6.07) is 0. The molecule has 0 aromatic rings. The van der Waals surface area contributed by atoms with Crippen LogP contribution < -0.4 is 5.32 Å². The van der Waals surface area contributed by atoms with E-state index in [0.29, 0.717) is 26.0 Å². The van der Waals surface area contributed by atoms with Gasteiger partial charge in [-0.1, -0.05) is 6.92 Å². The molecule has 0 aromatic carbocycles. The first-order valence-corrected chi connectivity index (χ1v) is 6.84. The molecule has 0 amide bonds. The van der Waals surface area contributed by atoms with Gasteiger partial charge >= 0.3 is 5.97 Å². The summed E-state index contributed by atoms with van der Waals surface area (Å²) in [6.45, 7) is 6.24. The van der Waals surface area contributed by atoms with Crippen molar-refractivity contribution >= 4 is 5.97 Å². The summed E-state index contributed by atoms with van der Waals surface area (Å²) in [5.41, 5.74) is -0.763. The van der Waals surface area contributed by atoms with Crippen LogP contribution in [0.1, 0.15) is 32.6 Å². The number of methoxy groups -OCH3 is 1. The highest BCUT2D eigenvalue weighted by atomic mass is 16.5. The lowest BCUT2D eigenvalue weighted by atomic mass is 9.90. The Kier molecular flexibility index (Phi) is 6.60. The molecule has 1 unspecified atom stereocenters. The van der Waals surface area contributed by atoms with Crippen molar-refractivity contribution in [3.05, 3.63) is 0 Å². The van der Waals surface area contributed by atoms with Crippen LogP contribution in [0.25, 0.3) is 0 Å². The van der Waals surface area contributed by atoms with Crippen LogP contribution in [-0.4, -0.2) is 61.4 Å². The van der Waals surface area contributed by atoms with Crippen molar-refractivity contribution in [3.63, 3.8) is 0 Å². The SMILES string of the molecule is CCCN1CCCC(NCCOC)(C(=O)O)CC1. The minimum absolute atomic E-state index is 0.549. The van der Waals surface area contributed by atoms with Gasteiger partial charge in [-0.05, 0) is 38.8 Å². The van der Waals surface area contributed by atoms with Crippen LogP contribution in [0, 0.1) is 0 Å². The first-order chi connectivity index (χ1) is 8.64. The number of likely N-dealkylation sites (tertiary alicyclic amines) is 1. The second-order valence-electron chi connectivity index (χ2n) is 5.00. The monoisotopic (exact) mass is 258 g/mol. The van der Waals surface area contributed by atoms with Crippen LogP contribution in [0.2, 0.25) is 0 Å². The van der Waals surface area contributed by atoms with Gasteiger partial charge in [-0.3, -0.25) is 10.1 Å². The summed E-state index contributed by atoms with van der Waals surface area (Å²) in [4.78, 5) is 13.9. The lowest BCUT2D eigenvalue weighted by Gasteiger charge is -2.29. The fourth-order valence-electron chi connectivity index (χ4n) is 2.59. The van der Waals surface area contributed by atoms with Gasteiger partial charge in [0.1, 0.15) is 5.54 Å². The van der Waals surface area contributed by atoms with Crippen molar-refractivity contribution in [2.45, 2.75) is 38.1 Å². The van der Waals surface area contributed by atoms with Gasteiger partial charge in [0.2, 0.25) is 0 Å². The van der Waals surface area contributed by atoms with E-state index in [9.17, 15) is 9.90 Å². The average molecular weight is 258 g/mol. The molecule has 1 aliphatic rings. The van der Waals surface area contributed by atoms with Gasteiger partial charge in [-0.25, -0.2) is 0 Å². The third kappa shape index (κ3) is 4.23. The zero-order chi connectivity index (χ0) is 13.4. The average Bonchev–Trinajstić information content (AvgIpc) is 2.54. The van der Waals surface area contributed by atoms with Crippen molar-refractivity contribution in [1.82, 2.24) is 10.2 Å². The molecular weight excluding hydrogens is 232 g/mol. The van der Waals surface area contributed by atoms with Crippen LogP contribution in [0.3, 0.4) is 0 Å². The normalized spacial score (nSPS) is 25.9. The van der Waals surface area contributed by atoms with Gasteiger partial charge in [0.25, 0.3) is 0 Å². The number of nitrogens with one attached hydrogen (secondary N) is 1. The molecule has 0 saturated carbocycles. The van der Waals surface area contributed by atoms with Crippen LogP contribution >= 0.6 is 0 Å². The third-order valence-electron chi connectivity index (χ3n) is 3.65. The molecule has 1 saturated heterocycles. The van der Waals surface area contributed by atoms with Crippen molar-refractivity contribution < 1.29 is 14.6 Å². The standard InChI is InChI=1S/C13H26N2O3/c1-3-8-15-9-4-5-13(6-10-15,12(16)17)14-7-11-18-2/h14H,3-11H2,1-2H3,(H,16,17). The van der Waals surface area contributed by atoms with E-state index in [-0.39, 0.29) is 0 Å². The van der Waals surface area contributed by atoms with E-state index >= 15 is 0 Å². The predicted octanol–water partition coefficient (Wildman–Crippen LogP) is 0.942. The van der Waals surface area contributed by atoms with Gasteiger partial charge in [0, 0.05) is 20.2 Å². The van der Waals surface area contributed by atoms with Gasteiger partial charge in [-0.15, -0.1) is 0 Å². The molecule has 5 heteroatoms. The molecule has 0 aliphatic carbocycles. The minimum atomic E-state index is -0.763. The Morgan fingerprint density at radius 1 is 1.44 bits per heavy atom. The van der Waals surface area contributed by atoms with E-state index in [2.05, 4.69) is 17.1 Å². The van der Waals surface area contributed by atoms with Gasteiger partial charge in [0.15, 0.2) is 0 Å². The topological polar surface area (TPSA) is 61.8 Å². The molecule has 5 nitrogen and oxygen atoms in total. The lowest BCUT2D eigenvalue weighted by molar-refractivity contribution is -0.145. The molecule has 106 valence electrons. The zero-order valence-corrected chi connectivity index (χ0v) is 11.6. The predicted molar refractivity (Wildman–Crippen MR) is 70.8 cm³/mol. The molecule has 1 aliphatic heterocycles. The number of carbonyl (C=O) groups is 1. The molecule has 0 bridgehead atoms. The first-order valence-electron chi connectivity index (χ1n) is 6.84. The van der Waals surface area contributed by atoms with Crippen molar-refractivity contribution in [2.24, 2.45) is 0 Å². The Bertz CT molecular complexity index is 261. The largest absolute Gasteiger partial charge is 0.480 e. The van der Waals surface area contributed by atoms with E-state index in [0.717, 1.165) is 32.5 Å². The lowest BCUT2D eigenvalue weighted by Crippen LogP contribution is -2.53. The molecular formula is C13H26N2O3. The van der Waals surface area contributed by atoms with Crippen molar-refractivity contribution in [2.75, 3.05) is 39.9 Å². The van der Waals surface area contributed by atoms with Crippen LogP contribution in [0.5, 0.6) is 0 Å². The summed E-state index contributed by atoms with van der Waals surface area (Å²) in [6.07, 6.45) is 3.43. The molecule has 0 aromatic heterocycles. The number of carboxylic acid groups (broad SMARTS) is 1. The van der Waals surface area contributed by atoms with E-state index in [1.165, 1.54) is 0 Å². The fraction of sp³-hybridized carbons (Fsp3) is 0.923. The summed E-state index contributed by atoms with van der Waals surface area (Å²) < 4.78 is 4.98. The first kappa shape index (κ1) is 15.4. The van der Waals surface area contributed by atoms with Gasteiger partial charge in [0.05, 0.1) is 6.61 Å². The summed E-state index contributed by atoms with van der Waals surface area (Å²) in [5, 5.41) is 12.7. The molecule has 1 atom stereocenters. The maximum Gasteiger partial charge on any atom is 0.323 e. The van der Waals surface area contributed by atoms with Crippen LogP contribution in [0.4, 0.5) is 0 Å². The number of rotatable bonds is 7. The molecule has 0 spiro atoms. The molecule has 1 fully saturated rings.